The second-order valence-corrected chi connectivity index (χ2v) is 5.42. The van der Waals surface area contributed by atoms with Crippen LogP contribution in [0, 0.1) is 11.6 Å². The van der Waals surface area contributed by atoms with Crippen LogP contribution in [-0.4, -0.2) is 5.78 Å². The van der Waals surface area contributed by atoms with Crippen LogP contribution in [0.15, 0.2) is 59.1 Å². The van der Waals surface area contributed by atoms with Gasteiger partial charge in [-0.1, -0.05) is 46.3 Å². The Hall–Kier alpha value is -2.07. The zero-order valence-electron chi connectivity index (χ0n) is 10.7. The highest BCUT2D eigenvalue weighted by atomic mass is 79.9. The lowest BCUT2D eigenvalue weighted by Crippen LogP contribution is -2.08. The van der Waals surface area contributed by atoms with Gasteiger partial charge in [-0.25, -0.2) is 8.78 Å². The molecule has 21 heavy (non-hydrogen) atoms. The fourth-order valence-electron chi connectivity index (χ4n) is 2.31. The largest absolute Gasteiger partial charge is 0.288 e. The summed E-state index contributed by atoms with van der Waals surface area (Å²) in [5.74, 6) is -2.37. The van der Waals surface area contributed by atoms with E-state index < -0.39 is 23.0 Å². The molecule has 0 bridgehead atoms. The van der Waals surface area contributed by atoms with E-state index in [-0.39, 0.29) is 5.56 Å². The molecular weight excluding hydrogens is 338 g/mol. The average molecular weight is 347 g/mol. The highest BCUT2D eigenvalue weighted by molar-refractivity contribution is 9.10. The fraction of sp³-hybridized carbons (Fsp3) is 0. The second-order valence-electron chi connectivity index (χ2n) is 4.57. The quantitative estimate of drug-likeness (QED) is 0.589. The predicted molar refractivity (Wildman–Crippen MR) is 81.4 cm³/mol. The molecular formula is C17H9BrF2O. The van der Waals surface area contributed by atoms with Gasteiger partial charge in [0, 0.05) is 10.0 Å². The number of halogens is 3. The van der Waals surface area contributed by atoms with Gasteiger partial charge in [-0.3, -0.25) is 4.79 Å². The van der Waals surface area contributed by atoms with Gasteiger partial charge in [0.1, 0.15) is 11.6 Å². The minimum absolute atomic E-state index is 0.276. The van der Waals surface area contributed by atoms with Crippen LogP contribution in [-0.2, 0) is 0 Å². The summed E-state index contributed by atoms with van der Waals surface area (Å²) in [6, 6.07) is 13.9. The summed E-state index contributed by atoms with van der Waals surface area (Å²) in [5.41, 5.74) is -0.247. The van der Waals surface area contributed by atoms with Crippen LogP contribution in [0.2, 0.25) is 0 Å². The van der Waals surface area contributed by atoms with E-state index in [0.717, 1.165) is 22.0 Å². The van der Waals surface area contributed by atoms with Gasteiger partial charge >= 0.3 is 0 Å². The maximum absolute atomic E-state index is 13.8. The third-order valence-electron chi connectivity index (χ3n) is 3.31. The average Bonchev–Trinajstić information content (AvgIpc) is 2.47. The molecule has 0 spiro atoms. The lowest BCUT2D eigenvalue weighted by molar-refractivity contribution is 0.103. The van der Waals surface area contributed by atoms with E-state index in [1.807, 2.05) is 12.1 Å². The highest BCUT2D eigenvalue weighted by Crippen LogP contribution is 2.29. The number of carbonyl (C=O) groups is 1. The molecule has 0 saturated carbocycles. The van der Waals surface area contributed by atoms with E-state index >= 15 is 0 Å². The standard InChI is InChI=1S/C17H9BrF2O/c18-13-9-8-12(10-4-1-2-5-11(10)13)17(21)16-14(19)6-3-7-15(16)20/h1-9H. The van der Waals surface area contributed by atoms with Crippen molar-refractivity contribution in [3.05, 3.63) is 81.8 Å². The molecule has 3 aromatic carbocycles. The smallest absolute Gasteiger partial charge is 0.199 e. The topological polar surface area (TPSA) is 17.1 Å². The van der Waals surface area contributed by atoms with E-state index in [1.165, 1.54) is 6.07 Å². The van der Waals surface area contributed by atoms with Gasteiger partial charge in [0.15, 0.2) is 5.78 Å². The summed E-state index contributed by atoms with van der Waals surface area (Å²) in [5, 5.41) is 1.47. The fourth-order valence-corrected chi connectivity index (χ4v) is 2.79. The van der Waals surface area contributed by atoms with Crippen LogP contribution in [0.1, 0.15) is 15.9 Å². The van der Waals surface area contributed by atoms with Crippen molar-refractivity contribution in [3.63, 3.8) is 0 Å². The Morgan fingerprint density at radius 1 is 0.810 bits per heavy atom. The van der Waals surface area contributed by atoms with E-state index in [4.69, 9.17) is 0 Å². The molecule has 0 fully saturated rings. The van der Waals surface area contributed by atoms with E-state index in [2.05, 4.69) is 15.9 Å². The molecule has 4 heteroatoms. The molecule has 0 unspecified atom stereocenters. The van der Waals surface area contributed by atoms with Gasteiger partial charge in [0.25, 0.3) is 0 Å². The molecule has 3 aromatic rings. The van der Waals surface area contributed by atoms with Crippen molar-refractivity contribution in [1.29, 1.82) is 0 Å². The van der Waals surface area contributed by atoms with Crippen molar-refractivity contribution in [2.75, 3.05) is 0 Å². The van der Waals surface area contributed by atoms with Crippen molar-refractivity contribution >= 4 is 32.5 Å². The molecule has 0 radical (unpaired) electrons. The normalized spacial score (nSPS) is 10.8. The van der Waals surface area contributed by atoms with Crippen LogP contribution in [0.25, 0.3) is 10.8 Å². The Morgan fingerprint density at radius 2 is 1.43 bits per heavy atom. The van der Waals surface area contributed by atoms with E-state index in [0.29, 0.717) is 5.39 Å². The molecule has 0 N–H and O–H groups in total. The van der Waals surface area contributed by atoms with Crippen molar-refractivity contribution in [2.45, 2.75) is 0 Å². The Labute approximate surface area is 128 Å². The summed E-state index contributed by atoms with van der Waals surface area (Å²) in [6.45, 7) is 0. The number of rotatable bonds is 2. The van der Waals surface area contributed by atoms with Gasteiger partial charge in [-0.2, -0.15) is 0 Å². The maximum atomic E-state index is 13.8. The number of hydrogen-bond donors (Lipinski definition) is 0. The van der Waals surface area contributed by atoms with Crippen molar-refractivity contribution < 1.29 is 13.6 Å². The lowest BCUT2D eigenvalue weighted by atomic mass is 9.96. The summed E-state index contributed by atoms with van der Waals surface area (Å²) in [4.78, 5) is 12.5. The number of fused-ring (bicyclic) bond motifs is 1. The van der Waals surface area contributed by atoms with Crippen LogP contribution in [0.5, 0.6) is 0 Å². The molecule has 3 rings (SSSR count). The lowest BCUT2D eigenvalue weighted by Gasteiger charge is -2.09. The summed E-state index contributed by atoms with van der Waals surface area (Å²) < 4.78 is 28.4. The van der Waals surface area contributed by atoms with Gasteiger partial charge in [-0.05, 0) is 35.0 Å². The Morgan fingerprint density at radius 3 is 2.10 bits per heavy atom. The zero-order chi connectivity index (χ0) is 15.0. The summed E-state index contributed by atoms with van der Waals surface area (Å²) in [6.07, 6.45) is 0. The maximum Gasteiger partial charge on any atom is 0.199 e. The van der Waals surface area contributed by atoms with Crippen molar-refractivity contribution in [3.8, 4) is 0 Å². The van der Waals surface area contributed by atoms with Crippen molar-refractivity contribution in [1.82, 2.24) is 0 Å². The van der Waals surface area contributed by atoms with Gasteiger partial charge in [-0.15, -0.1) is 0 Å². The Kier molecular flexibility index (Phi) is 3.55. The monoisotopic (exact) mass is 346 g/mol. The molecule has 0 amide bonds. The Bertz CT molecular complexity index is 838. The first-order valence-electron chi connectivity index (χ1n) is 6.25. The molecule has 104 valence electrons. The third kappa shape index (κ3) is 2.36. The molecule has 0 saturated heterocycles. The van der Waals surface area contributed by atoms with Crippen LogP contribution >= 0.6 is 15.9 Å². The van der Waals surface area contributed by atoms with Crippen LogP contribution in [0.4, 0.5) is 8.78 Å². The number of carbonyl (C=O) groups excluding carboxylic acids is 1. The third-order valence-corrected chi connectivity index (χ3v) is 4.00. The van der Waals surface area contributed by atoms with Crippen LogP contribution in [0.3, 0.4) is 0 Å². The SMILES string of the molecule is O=C(c1c(F)cccc1F)c1ccc(Br)c2ccccc12. The molecule has 0 aromatic heterocycles. The first-order chi connectivity index (χ1) is 10.1. The molecule has 0 atom stereocenters. The summed E-state index contributed by atoms with van der Waals surface area (Å²) >= 11 is 3.41. The minimum atomic E-state index is -0.855. The highest BCUT2D eigenvalue weighted by Gasteiger charge is 2.20. The molecule has 0 aliphatic heterocycles. The van der Waals surface area contributed by atoms with E-state index in [9.17, 15) is 13.6 Å². The number of ketones is 1. The Balaban J connectivity index is 2.26. The second kappa shape index (κ2) is 5.37. The van der Waals surface area contributed by atoms with Gasteiger partial charge < -0.3 is 0 Å². The minimum Gasteiger partial charge on any atom is -0.288 e. The van der Waals surface area contributed by atoms with Crippen LogP contribution < -0.4 is 0 Å². The van der Waals surface area contributed by atoms with Gasteiger partial charge in [0.05, 0.1) is 5.56 Å². The number of hydrogen-bond acceptors (Lipinski definition) is 1. The number of benzene rings is 3. The molecule has 0 aliphatic rings. The first kappa shape index (κ1) is 13.9. The van der Waals surface area contributed by atoms with Gasteiger partial charge in [0.2, 0.25) is 0 Å². The molecule has 0 heterocycles. The molecule has 0 aliphatic carbocycles. The first-order valence-corrected chi connectivity index (χ1v) is 7.05. The zero-order valence-corrected chi connectivity index (χ0v) is 12.3. The van der Waals surface area contributed by atoms with Crippen molar-refractivity contribution in [2.24, 2.45) is 0 Å². The predicted octanol–water partition coefficient (Wildman–Crippen LogP) is 5.11. The molecule has 1 nitrogen and oxygen atoms in total. The summed E-state index contributed by atoms with van der Waals surface area (Å²) in [7, 11) is 0. The van der Waals surface area contributed by atoms with E-state index in [1.54, 1.807) is 24.3 Å².